The van der Waals surface area contributed by atoms with Crippen LogP contribution in [0.5, 0.6) is 0 Å². The Morgan fingerprint density at radius 1 is 1.30 bits per heavy atom. The van der Waals surface area contributed by atoms with Crippen LogP contribution in [0.2, 0.25) is 0 Å². The first-order valence-corrected chi connectivity index (χ1v) is 8.37. The number of fused-ring (bicyclic) bond motifs is 1. The van der Waals surface area contributed by atoms with E-state index < -0.39 is 0 Å². The number of likely N-dealkylation sites (N-methyl/N-ethyl adjacent to an activating group) is 1. The van der Waals surface area contributed by atoms with Gasteiger partial charge in [0.05, 0.1) is 5.70 Å². The van der Waals surface area contributed by atoms with Crippen LogP contribution in [0.1, 0.15) is 19.4 Å². The fourth-order valence-electron chi connectivity index (χ4n) is 2.58. The summed E-state index contributed by atoms with van der Waals surface area (Å²) < 4.78 is 0.330. The summed E-state index contributed by atoms with van der Waals surface area (Å²) in [4.78, 5) is 26.5. The Morgan fingerprint density at radius 3 is 2.74 bits per heavy atom. The van der Waals surface area contributed by atoms with Gasteiger partial charge in [-0.05, 0) is 36.8 Å². The van der Waals surface area contributed by atoms with Crippen LogP contribution in [-0.4, -0.2) is 27.7 Å². The van der Waals surface area contributed by atoms with Crippen LogP contribution in [0.15, 0.2) is 40.9 Å². The normalized spacial score (nSPS) is 20.1. The molecule has 7 heteroatoms. The van der Waals surface area contributed by atoms with Gasteiger partial charge in [0.1, 0.15) is 4.91 Å². The van der Waals surface area contributed by atoms with Crippen molar-refractivity contribution < 1.29 is 9.59 Å². The van der Waals surface area contributed by atoms with Gasteiger partial charge >= 0.3 is 0 Å². The summed E-state index contributed by atoms with van der Waals surface area (Å²) in [5.74, 6) is -0.628. The van der Waals surface area contributed by atoms with Crippen LogP contribution in [0, 0.1) is 0 Å². The van der Waals surface area contributed by atoms with Crippen molar-refractivity contribution in [2.45, 2.75) is 13.8 Å². The second kappa shape index (κ2) is 6.17. The van der Waals surface area contributed by atoms with Crippen LogP contribution in [0.3, 0.4) is 0 Å². The third-order valence-corrected chi connectivity index (χ3v) is 4.90. The number of nitrogens with one attached hydrogen (secondary N) is 1. The van der Waals surface area contributed by atoms with Crippen molar-refractivity contribution in [3.05, 3.63) is 46.5 Å². The lowest BCUT2D eigenvalue weighted by atomic mass is 10.1. The molecule has 0 atom stereocenters. The summed E-state index contributed by atoms with van der Waals surface area (Å²) in [5, 5.41) is 1.13. The number of para-hydroxylation sites is 1. The number of allylic oxidation sites excluding steroid dienone is 1. The van der Waals surface area contributed by atoms with Gasteiger partial charge in [-0.1, -0.05) is 36.0 Å². The van der Waals surface area contributed by atoms with E-state index in [0.717, 1.165) is 28.5 Å². The first-order chi connectivity index (χ1) is 11.0. The Hall–Kier alpha value is -2.12. The highest BCUT2D eigenvalue weighted by molar-refractivity contribution is 8.26. The number of anilines is 1. The molecule has 2 amide bonds. The van der Waals surface area contributed by atoms with Crippen molar-refractivity contribution >= 4 is 51.9 Å². The summed E-state index contributed by atoms with van der Waals surface area (Å²) in [6.45, 7) is 4.10. The number of carbonyl (C=O) groups excluding carboxylic acids is 2. The van der Waals surface area contributed by atoms with Crippen LogP contribution in [0.25, 0.3) is 6.08 Å². The summed E-state index contributed by atoms with van der Waals surface area (Å²) in [6.07, 6.45) is 3.91. The molecule has 1 aromatic rings. The number of rotatable bonds is 2. The zero-order chi connectivity index (χ0) is 16.6. The molecule has 118 valence electrons. The molecule has 1 saturated heterocycles. The topological polar surface area (TPSA) is 52.6 Å². The van der Waals surface area contributed by atoms with Crippen molar-refractivity contribution in [1.29, 1.82) is 0 Å². The third kappa shape index (κ3) is 2.77. The number of benzene rings is 1. The van der Waals surface area contributed by atoms with E-state index >= 15 is 0 Å². The lowest BCUT2D eigenvalue weighted by Crippen LogP contribution is -2.44. The number of hydrogen-bond acceptors (Lipinski definition) is 5. The van der Waals surface area contributed by atoms with Crippen LogP contribution in [-0.2, 0) is 9.59 Å². The van der Waals surface area contributed by atoms with Crippen molar-refractivity contribution in [2.75, 3.05) is 11.4 Å². The Kier molecular flexibility index (Phi) is 4.23. The number of nitrogens with zero attached hydrogens (tertiary/aromatic N) is 2. The van der Waals surface area contributed by atoms with Crippen LogP contribution >= 0.6 is 24.0 Å². The Bertz CT molecular complexity index is 770. The van der Waals surface area contributed by atoms with Gasteiger partial charge in [-0.15, -0.1) is 0 Å². The standard InChI is InChI=1S/C16H15N3O2S2/c1-3-18-12-7-5-4-6-11(12)8-9-13(18)14-15(21)19(16(22)23-14)17-10(2)20/h4-9H,3H2,1-2H3,(H,17,20)/b14-13+. The number of amides is 2. The molecule has 0 radical (unpaired) electrons. The molecule has 0 saturated carbocycles. The molecular formula is C16H15N3O2S2. The quantitative estimate of drug-likeness (QED) is 0.660. The highest BCUT2D eigenvalue weighted by Crippen LogP contribution is 2.38. The van der Waals surface area contributed by atoms with Gasteiger partial charge in [0.2, 0.25) is 5.91 Å². The second-order valence-corrected chi connectivity index (χ2v) is 6.67. The minimum atomic E-state index is -0.329. The number of thiocarbonyl (C=S) groups is 1. The zero-order valence-electron chi connectivity index (χ0n) is 12.7. The van der Waals surface area contributed by atoms with E-state index in [-0.39, 0.29) is 11.8 Å². The molecule has 1 fully saturated rings. The van der Waals surface area contributed by atoms with E-state index in [2.05, 4.69) is 10.3 Å². The maximum absolute atomic E-state index is 12.6. The number of hydrazine groups is 1. The predicted molar refractivity (Wildman–Crippen MR) is 96.4 cm³/mol. The Labute approximate surface area is 144 Å². The lowest BCUT2D eigenvalue weighted by molar-refractivity contribution is -0.132. The second-order valence-electron chi connectivity index (χ2n) is 5.03. The molecule has 0 bridgehead atoms. The lowest BCUT2D eigenvalue weighted by Gasteiger charge is -2.30. The minimum absolute atomic E-state index is 0.298. The zero-order valence-corrected chi connectivity index (χ0v) is 14.3. The molecule has 5 nitrogen and oxygen atoms in total. The average molecular weight is 345 g/mol. The van der Waals surface area contributed by atoms with Crippen molar-refractivity contribution in [3.8, 4) is 0 Å². The van der Waals surface area contributed by atoms with Gasteiger partial charge < -0.3 is 4.90 Å². The van der Waals surface area contributed by atoms with Gasteiger partial charge in [0.15, 0.2) is 4.32 Å². The Morgan fingerprint density at radius 2 is 2.04 bits per heavy atom. The molecule has 2 heterocycles. The SMILES string of the molecule is CCN1/C(=C2/SC(=S)N(NC(C)=O)C2=O)C=Cc2ccccc21. The van der Waals surface area contributed by atoms with Gasteiger partial charge in [0, 0.05) is 19.2 Å². The predicted octanol–water partition coefficient (Wildman–Crippen LogP) is 2.66. The number of hydrogen-bond donors (Lipinski definition) is 1. The van der Waals surface area contributed by atoms with Crippen molar-refractivity contribution in [3.63, 3.8) is 0 Å². The fourth-order valence-corrected chi connectivity index (χ4v) is 3.81. The van der Waals surface area contributed by atoms with Gasteiger partial charge in [-0.25, -0.2) is 0 Å². The fraction of sp³-hybridized carbons (Fsp3) is 0.188. The van der Waals surface area contributed by atoms with Gasteiger partial charge in [-0.2, -0.15) is 5.01 Å². The first-order valence-electron chi connectivity index (χ1n) is 7.15. The van der Waals surface area contributed by atoms with Crippen LogP contribution < -0.4 is 10.3 Å². The van der Waals surface area contributed by atoms with Crippen molar-refractivity contribution in [1.82, 2.24) is 10.4 Å². The molecule has 2 aliphatic rings. The maximum Gasteiger partial charge on any atom is 0.287 e. The molecule has 0 aromatic heterocycles. The molecule has 23 heavy (non-hydrogen) atoms. The molecule has 0 spiro atoms. The minimum Gasteiger partial charge on any atom is -0.340 e. The number of carbonyl (C=O) groups is 2. The van der Waals surface area contributed by atoms with E-state index in [9.17, 15) is 9.59 Å². The molecule has 0 unspecified atom stereocenters. The maximum atomic E-state index is 12.6. The van der Waals surface area contributed by atoms with Crippen LogP contribution in [0.4, 0.5) is 5.69 Å². The molecular weight excluding hydrogens is 330 g/mol. The molecule has 3 rings (SSSR count). The molecule has 2 aliphatic heterocycles. The molecule has 1 aromatic carbocycles. The summed E-state index contributed by atoms with van der Waals surface area (Å²) >= 11 is 6.42. The van der Waals surface area contributed by atoms with E-state index in [0.29, 0.717) is 9.23 Å². The Balaban J connectivity index is 2.04. The molecule has 0 aliphatic carbocycles. The van der Waals surface area contributed by atoms with Gasteiger partial charge in [0.25, 0.3) is 5.91 Å². The smallest absolute Gasteiger partial charge is 0.287 e. The molecule has 1 N–H and O–H groups in total. The summed E-state index contributed by atoms with van der Waals surface area (Å²) in [7, 11) is 0. The summed E-state index contributed by atoms with van der Waals surface area (Å²) in [6, 6.07) is 8.02. The highest BCUT2D eigenvalue weighted by atomic mass is 32.2. The van der Waals surface area contributed by atoms with E-state index in [1.165, 1.54) is 18.7 Å². The van der Waals surface area contributed by atoms with E-state index in [4.69, 9.17) is 12.2 Å². The van der Waals surface area contributed by atoms with E-state index in [1.54, 1.807) is 0 Å². The average Bonchev–Trinajstić information content (AvgIpc) is 2.81. The number of thioether (sulfide) groups is 1. The first kappa shape index (κ1) is 15.8. The third-order valence-electron chi connectivity index (χ3n) is 3.53. The highest BCUT2D eigenvalue weighted by Gasteiger charge is 2.37. The monoisotopic (exact) mass is 345 g/mol. The van der Waals surface area contributed by atoms with Gasteiger partial charge in [-0.3, -0.25) is 15.0 Å². The van der Waals surface area contributed by atoms with E-state index in [1.807, 2.05) is 43.3 Å². The largest absolute Gasteiger partial charge is 0.340 e. The van der Waals surface area contributed by atoms with Crippen molar-refractivity contribution in [2.24, 2.45) is 0 Å². The summed E-state index contributed by atoms with van der Waals surface area (Å²) in [5.41, 5.74) is 5.43.